The molecule has 1 aromatic heterocycles. The average molecular weight is 359 g/mol. The van der Waals surface area contributed by atoms with Crippen LogP contribution in [0, 0.1) is 10.1 Å². The van der Waals surface area contributed by atoms with Gasteiger partial charge in [-0.3, -0.25) is 10.1 Å². The van der Waals surface area contributed by atoms with E-state index < -0.39 is 4.92 Å². The van der Waals surface area contributed by atoms with Crippen molar-refractivity contribution in [2.24, 2.45) is 0 Å². The van der Waals surface area contributed by atoms with Crippen molar-refractivity contribution in [3.05, 3.63) is 26.9 Å². The Kier molecular flexibility index (Phi) is 4.94. The topological polar surface area (TPSA) is 88.8 Å². The number of carbonyl (C=O) groups excluding carboxylic acids is 1. The van der Waals surface area contributed by atoms with Gasteiger partial charge < -0.3 is 14.5 Å². The van der Waals surface area contributed by atoms with Crippen LogP contribution < -0.4 is 4.90 Å². The van der Waals surface area contributed by atoms with Crippen LogP contribution >= 0.6 is 15.9 Å². The molecule has 9 heteroatoms. The molecular formula is C12H15BrN4O4. The highest BCUT2D eigenvalue weighted by molar-refractivity contribution is 9.10. The maximum Gasteiger partial charge on any atom is 0.409 e. The number of halogens is 1. The molecule has 0 bridgehead atoms. The van der Waals surface area contributed by atoms with Crippen LogP contribution in [0.2, 0.25) is 0 Å². The SMILES string of the molecule is CCOC(=O)N1CCN(c2ncc(Br)cc2[N+](=O)[O-])CC1. The number of ether oxygens (including phenoxy) is 1. The van der Waals surface area contributed by atoms with Crippen molar-refractivity contribution in [3.8, 4) is 0 Å². The van der Waals surface area contributed by atoms with Crippen LogP contribution in [0.25, 0.3) is 0 Å². The number of amides is 1. The summed E-state index contributed by atoms with van der Waals surface area (Å²) in [7, 11) is 0. The fraction of sp³-hybridized carbons (Fsp3) is 0.500. The van der Waals surface area contributed by atoms with Gasteiger partial charge in [0.25, 0.3) is 0 Å². The van der Waals surface area contributed by atoms with Gasteiger partial charge in [0, 0.05) is 42.9 Å². The molecule has 1 amide bonds. The van der Waals surface area contributed by atoms with Crippen LogP contribution in [0.3, 0.4) is 0 Å². The summed E-state index contributed by atoms with van der Waals surface area (Å²) in [6.07, 6.45) is 1.18. The summed E-state index contributed by atoms with van der Waals surface area (Å²) in [6, 6.07) is 1.43. The molecule has 114 valence electrons. The minimum atomic E-state index is -0.454. The van der Waals surface area contributed by atoms with Gasteiger partial charge in [0.1, 0.15) is 0 Å². The van der Waals surface area contributed by atoms with E-state index in [2.05, 4.69) is 20.9 Å². The van der Waals surface area contributed by atoms with Gasteiger partial charge in [0.15, 0.2) is 0 Å². The third kappa shape index (κ3) is 3.60. The molecule has 1 aliphatic rings. The van der Waals surface area contributed by atoms with Crippen LogP contribution in [0.15, 0.2) is 16.7 Å². The second-order valence-electron chi connectivity index (χ2n) is 4.43. The Morgan fingerprint density at radius 2 is 2.14 bits per heavy atom. The van der Waals surface area contributed by atoms with Crippen molar-refractivity contribution < 1.29 is 14.5 Å². The first-order chi connectivity index (χ1) is 10.0. The Balaban J connectivity index is 2.09. The first-order valence-electron chi connectivity index (χ1n) is 6.49. The van der Waals surface area contributed by atoms with Gasteiger partial charge >= 0.3 is 11.8 Å². The fourth-order valence-electron chi connectivity index (χ4n) is 2.11. The standard InChI is InChI=1S/C12H15BrN4O4/c1-2-21-12(18)16-5-3-15(4-6-16)11-10(17(19)20)7-9(13)8-14-11/h7-8H,2-6H2,1H3. The molecule has 0 aromatic carbocycles. The van der Waals surface area contributed by atoms with Crippen LogP contribution in [0.5, 0.6) is 0 Å². The smallest absolute Gasteiger partial charge is 0.409 e. The third-order valence-electron chi connectivity index (χ3n) is 3.12. The third-order valence-corrected chi connectivity index (χ3v) is 3.55. The number of carbonyl (C=O) groups is 1. The van der Waals surface area contributed by atoms with Crippen LogP contribution in [0.1, 0.15) is 6.92 Å². The summed E-state index contributed by atoms with van der Waals surface area (Å²) in [5.41, 5.74) is -0.0473. The first kappa shape index (κ1) is 15.5. The van der Waals surface area contributed by atoms with E-state index in [0.717, 1.165) is 0 Å². The van der Waals surface area contributed by atoms with Crippen molar-refractivity contribution >= 4 is 33.5 Å². The molecule has 1 fully saturated rings. The molecule has 0 atom stereocenters. The lowest BCUT2D eigenvalue weighted by atomic mass is 10.3. The molecule has 1 aliphatic heterocycles. The summed E-state index contributed by atoms with van der Waals surface area (Å²) >= 11 is 3.18. The minimum Gasteiger partial charge on any atom is -0.450 e. The van der Waals surface area contributed by atoms with Crippen molar-refractivity contribution in [1.29, 1.82) is 0 Å². The van der Waals surface area contributed by atoms with E-state index in [4.69, 9.17) is 4.74 Å². The predicted octanol–water partition coefficient (Wildman–Crippen LogP) is 2.03. The number of hydrogen-bond donors (Lipinski definition) is 0. The Morgan fingerprint density at radius 3 is 2.71 bits per heavy atom. The van der Waals surface area contributed by atoms with Crippen molar-refractivity contribution in [1.82, 2.24) is 9.88 Å². The lowest BCUT2D eigenvalue weighted by Gasteiger charge is -2.34. The summed E-state index contributed by atoms with van der Waals surface area (Å²) in [6.45, 7) is 3.95. The normalized spacial score (nSPS) is 15.0. The first-order valence-corrected chi connectivity index (χ1v) is 7.28. The molecule has 0 radical (unpaired) electrons. The summed E-state index contributed by atoms with van der Waals surface area (Å²) < 4.78 is 5.50. The average Bonchev–Trinajstić information content (AvgIpc) is 2.47. The number of pyridine rings is 1. The molecule has 21 heavy (non-hydrogen) atoms. The number of aromatic nitrogens is 1. The van der Waals surface area contributed by atoms with Gasteiger partial charge in [-0.15, -0.1) is 0 Å². The van der Waals surface area contributed by atoms with Crippen LogP contribution in [0.4, 0.5) is 16.3 Å². The van der Waals surface area contributed by atoms with Crippen molar-refractivity contribution in [2.45, 2.75) is 6.92 Å². The zero-order valence-corrected chi connectivity index (χ0v) is 13.1. The monoisotopic (exact) mass is 358 g/mol. The second-order valence-corrected chi connectivity index (χ2v) is 5.34. The highest BCUT2D eigenvalue weighted by Crippen LogP contribution is 2.29. The highest BCUT2D eigenvalue weighted by Gasteiger charge is 2.27. The molecule has 0 unspecified atom stereocenters. The predicted molar refractivity (Wildman–Crippen MR) is 79.4 cm³/mol. The number of anilines is 1. The van der Waals surface area contributed by atoms with Crippen LogP contribution in [-0.4, -0.2) is 53.7 Å². The molecule has 1 aromatic rings. The molecular weight excluding hydrogens is 344 g/mol. The van der Waals surface area contributed by atoms with E-state index in [1.54, 1.807) is 16.7 Å². The van der Waals surface area contributed by atoms with E-state index >= 15 is 0 Å². The van der Waals surface area contributed by atoms with E-state index in [0.29, 0.717) is 43.1 Å². The number of rotatable bonds is 3. The van der Waals surface area contributed by atoms with E-state index in [9.17, 15) is 14.9 Å². The zero-order valence-electron chi connectivity index (χ0n) is 11.5. The van der Waals surface area contributed by atoms with Gasteiger partial charge in [-0.25, -0.2) is 9.78 Å². The van der Waals surface area contributed by atoms with E-state index in [-0.39, 0.29) is 11.8 Å². The van der Waals surface area contributed by atoms with Gasteiger partial charge in [0.2, 0.25) is 5.82 Å². The number of piperazine rings is 1. The highest BCUT2D eigenvalue weighted by atomic mass is 79.9. The van der Waals surface area contributed by atoms with Gasteiger partial charge in [0.05, 0.1) is 11.5 Å². The number of nitrogens with zero attached hydrogens (tertiary/aromatic N) is 4. The number of hydrogen-bond acceptors (Lipinski definition) is 6. The quantitative estimate of drug-likeness (QED) is 0.606. The van der Waals surface area contributed by atoms with E-state index in [1.165, 1.54) is 12.3 Å². The molecule has 2 heterocycles. The zero-order chi connectivity index (χ0) is 15.4. The summed E-state index contributed by atoms with van der Waals surface area (Å²) in [5.74, 6) is 0.326. The Hall–Kier alpha value is -1.90. The Morgan fingerprint density at radius 1 is 1.48 bits per heavy atom. The van der Waals surface area contributed by atoms with Crippen LogP contribution in [-0.2, 0) is 4.74 Å². The minimum absolute atomic E-state index is 0.0473. The summed E-state index contributed by atoms with van der Waals surface area (Å²) in [4.78, 5) is 29.8. The largest absolute Gasteiger partial charge is 0.450 e. The maximum atomic E-state index is 11.6. The Bertz CT molecular complexity index is 546. The molecule has 1 saturated heterocycles. The lowest BCUT2D eigenvalue weighted by Crippen LogP contribution is -2.49. The molecule has 0 N–H and O–H groups in total. The maximum absolute atomic E-state index is 11.6. The van der Waals surface area contributed by atoms with Crippen molar-refractivity contribution in [3.63, 3.8) is 0 Å². The Labute approximate surface area is 130 Å². The molecule has 2 rings (SSSR count). The van der Waals surface area contributed by atoms with Gasteiger partial charge in [-0.05, 0) is 22.9 Å². The molecule has 0 spiro atoms. The fourth-order valence-corrected chi connectivity index (χ4v) is 2.43. The second kappa shape index (κ2) is 6.70. The molecule has 8 nitrogen and oxygen atoms in total. The van der Waals surface area contributed by atoms with Gasteiger partial charge in [-0.2, -0.15) is 0 Å². The van der Waals surface area contributed by atoms with Crippen molar-refractivity contribution in [2.75, 3.05) is 37.7 Å². The number of nitro groups is 1. The molecule has 0 saturated carbocycles. The van der Waals surface area contributed by atoms with Gasteiger partial charge in [-0.1, -0.05) is 0 Å². The van der Waals surface area contributed by atoms with E-state index in [1.807, 2.05) is 0 Å². The summed E-state index contributed by atoms with van der Waals surface area (Å²) in [5, 5.41) is 11.1. The lowest BCUT2D eigenvalue weighted by molar-refractivity contribution is -0.384. The molecule has 0 aliphatic carbocycles.